The molecule has 2 aromatic rings. The molecule has 1 aromatic carbocycles. The number of rotatable bonds is 6. The highest BCUT2D eigenvalue weighted by Gasteiger charge is 2.25. The van der Waals surface area contributed by atoms with Gasteiger partial charge in [-0.2, -0.15) is 0 Å². The van der Waals surface area contributed by atoms with Gasteiger partial charge < -0.3 is 10.2 Å². The lowest BCUT2D eigenvalue weighted by molar-refractivity contribution is -0.125. The van der Waals surface area contributed by atoms with Gasteiger partial charge in [0.05, 0.1) is 11.1 Å². The van der Waals surface area contributed by atoms with Crippen molar-refractivity contribution >= 4 is 21.7 Å². The molecule has 0 aliphatic carbocycles. The summed E-state index contributed by atoms with van der Waals surface area (Å²) in [6.07, 6.45) is 7.25. The van der Waals surface area contributed by atoms with Crippen molar-refractivity contribution in [2.75, 3.05) is 24.5 Å². The Hall–Kier alpha value is -2.52. The number of nitrogens with one attached hydrogen (secondary N) is 1. The lowest BCUT2D eigenvalue weighted by Gasteiger charge is -2.31. The fourth-order valence-electron chi connectivity index (χ4n) is 3.15. The second-order valence-corrected chi connectivity index (χ2v) is 8.12. The average Bonchev–Trinajstić information content (AvgIpc) is 2.68. The number of anilines is 1. The summed E-state index contributed by atoms with van der Waals surface area (Å²) in [6.45, 7) is 2.08. The second kappa shape index (κ2) is 8.45. The molecule has 0 saturated carbocycles. The Kier molecular flexibility index (Phi) is 6.02. The SMILES string of the molecule is NS(=O)(=O)c1ccc(CCNC(=O)C2CCN(c3cnccn3)CC2)cc1. The first-order valence-electron chi connectivity index (χ1n) is 8.84. The first kappa shape index (κ1) is 19.2. The Labute approximate surface area is 158 Å². The molecule has 0 spiro atoms. The van der Waals surface area contributed by atoms with E-state index in [9.17, 15) is 13.2 Å². The van der Waals surface area contributed by atoms with E-state index < -0.39 is 10.0 Å². The van der Waals surface area contributed by atoms with Gasteiger partial charge >= 0.3 is 0 Å². The van der Waals surface area contributed by atoms with Crippen molar-refractivity contribution in [3.8, 4) is 0 Å². The van der Waals surface area contributed by atoms with E-state index in [1.54, 1.807) is 30.7 Å². The van der Waals surface area contributed by atoms with Crippen molar-refractivity contribution in [2.45, 2.75) is 24.2 Å². The number of benzene rings is 1. The van der Waals surface area contributed by atoms with Crippen LogP contribution in [0.4, 0.5) is 5.82 Å². The second-order valence-electron chi connectivity index (χ2n) is 6.55. The highest BCUT2D eigenvalue weighted by Crippen LogP contribution is 2.21. The first-order chi connectivity index (χ1) is 12.9. The molecule has 144 valence electrons. The zero-order chi connectivity index (χ0) is 19.3. The van der Waals surface area contributed by atoms with Gasteiger partial charge in [-0.1, -0.05) is 12.1 Å². The number of piperidine rings is 1. The summed E-state index contributed by atoms with van der Waals surface area (Å²) in [5.41, 5.74) is 0.945. The quantitative estimate of drug-likeness (QED) is 0.751. The number of aromatic nitrogens is 2. The molecule has 3 rings (SSSR count). The van der Waals surface area contributed by atoms with E-state index >= 15 is 0 Å². The third-order valence-electron chi connectivity index (χ3n) is 4.70. The van der Waals surface area contributed by atoms with Crippen LogP contribution in [0.3, 0.4) is 0 Å². The molecule has 0 radical (unpaired) electrons. The van der Waals surface area contributed by atoms with Crippen LogP contribution in [0.25, 0.3) is 0 Å². The molecule has 9 heteroatoms. The molecule has 1 amide bonds. The van der Waals surface area contributed by atoms with Crippen molar-refractivity contribution in [3.05, 3.63) is 48.4 Å². The Bertz CT molecular complexity index is 864. The molecule has 1 saturated heterocycles. The first-order valence-corrected chi connectivity index (χ1v) is 10.4. The van der Waals surface area contributed by atoms with E-state index in [-0.39, 0.29) is 16.7 Å². The lowest BCUT2D eigenvalue weighted by atomic mass is 9.96. The molecule has 3 N–H and O–H groups in total. The maximum Gasteiger partial charge on any atom is 0.238 e. The smallest absolute Gasteiger partial charge is 0.238 e. The fourth-order valence-corrected chi connectivity index (χ4v) is 3.66. The molecular weight excluding hydrogens is 366 g/mol. The van der Waals surface area contributed by atoms with Crippen LogP contribution >= 0.6 is 0 Å². The van der Waals surface area contributed by atoms with E-state index in [0.717, 1.165) is 37.3 Å². The van der Waals surface area contributed by atoms with Gasteiger partial charge in [0.25, 0.3) is 0 Å². The van der Waals surface area contributed by atoms with Crippen LogP contribution in [-0.4, -0.2) is 43.9 Å². The largest absolute Gasteiger partial charge is 0.356 e. The highest BCUT2D eigenvalue weighted by atomic mass is 32.2. The van der Waals surface area contributed by atoms with Gasteiger partial charge in [0.1, 0.15) is 5.82 Å². The number of amides is 1. The monoisotopic (exact) mass is 389 g/mol. The van der Waals surface area contributed by atoms with Crippen molar-refractivity contribution in [1.82, 2.24) is 15.3 Å². The standard InChI is InChI=1S/C18H23N5O3S/c19-27(25,26)16-3-1-14(2-4-16)5-8-22-18(24)15-6-11-23(12-7-15)17-13-20-9-10-21-17/h1-4,9-10,13,15H,5-8,11-12H2,(H,22,24)(H2,19,25,26). The van der Waals surface area contributed by atoms with Crippen LogP contribution < -0.4 is 15.4 Å². The number of nitrogens with two attached hydrogens (primary N) is 1. The predicted octanol–water partition coefficient (Wildman–Crippen LogP) is 0.699. The summed E-state index contributed by atoms with van der Waals surface area (Å²) in [6, 6.07) is 6.39. The Morgan fingerprint density at radius 2 is 1.89 bits per heavy atom. The van der Waals surface area contributed by atoms with Crippen LogP contribution in [0.1, 0.15) is 18.4 Å². The molecule has 0 atom stereocenters. The molecule has 1 aliphatic rings. The minimum Gasteiger partial charge on any atom is -0.356 e. The van der Waals surface area contributed by atoms with Crippen LogP contribution in [0.2, 0.25) is 0 Å². The lowest BCUT2D eigenvalue weighted by Crippen LogP contribution is -2.41. The summed E-state index contributed by atoms with van der Waals surface area (Å²) in [4.78, 5) is 23.0. The van der Waals surface area contributed by atoms with E-state index in [4.69, 9.17) is 5.14 Å². The number of primary sulfonamides is 1. The third kappa shape index (κ3) is 5.24. The maximum absolute atomic E-state index is 12.4. The topological polar surface area (TPSA) is 118 Å². The molecule has 0 unspecified atom stereocenters. The van der Waals surface area contributed by atoms with Gasteiger partial charge in [-0.15, -0.1) is 0 Å². The summed E-state index contributed by atoms with van der Waals surface area (Å²) in [7, 11) is -3.67. The van der Waals surface area contributed by atoms with Crippen molar-refractivity contribution in [1.29, 1.82) is 0 Å². The zero-order valence-corrected chi connectivity index (χ0v) is 15.7. The molecule has 27 heavy (non-hydrogen) atoms. The number of hydrogen-bond donors (Lipinski definition) is 2. The maximum atomic E-state index is 12.4. The third-order valence-corrected chi connectivity index (χ3v) is 5.63. The Morgan fingerprint density at radius 1 is 1.19 bits per heavy atom. The summed E-state index contributed by atoms with van der Waals surface area (Å²) < 4.78 is 22.5. The van der Waals surface area contributed by atoms with Crippen LogP contribution in [0.5, 0.6) is 0 Å². The number of carbonyl (C=O) groups is 1. The molecule has 1 fully saturated rings. The Balaban J connectivity index is 1.42. The molecular formula is C18H23N5O3S. The van der Waals surface area contributed by atoms with Crippen molar-refractivity contribution in [2.24, 2.45) is 11.1 Å². The van der Waals surface area contributed by atoms with Gasteiger partial charge in [-0.3, -0.25) is 9.78 Å². The number of carbonyl (C=O) groups excluding carboxylic acids is 1. The summed E-state index contributed by atoms with van der Waals surface area (Å²) in [5, 5.41) is 8.05. The summed E-state index contributed by atoms with van der Waals surface area (Å²) in [5.74, 6) is 0.914. The van der Waals surface area contributed by atoms with Gasteiger partial charge in [0.2, 0.25) is 15.9 Å². The fraction of sp³-hybridized carbons (Fsp3) is 0.389. The number of nitrogens with zero attached hydrogens (tertiary/aromatic N) is 3. The van der Waals surface area contributed by atoms with Crippen molar-refractivity contribution in [3.63, 3.8) is 0 Å². The normalized spacial score (nSPS) is 15.5. The van der Waals surface area contributed by atoms with E-state index in [2.05, 4.69) is 20.2 Å². The summed E-state index contributed by atoms with van der Waals surface area (Å²) >= 11 is 0. The van der Waals surface area contributed by atoms with E-state index in [1.807, 2.05) is 0 Å². The molecule has 0 bridgehead atoms. The van der Waals surface area contributed by atoms with Crippen LogP contribution in [0.15, 0.2) is 47.8 Å². The molecule has 1 aromatic heterocycles. The van der Waals surface area contributed by atoms with Gasteiger partial charge in [-0.05, 0) is 37.0 Å². The van der Waals surface area contributed by atoms with Crippen molar-refractivity contribution < 1.29 is 13.2 Å². The minimum atomic E-state index is -3.67. The predicted molar refractivity (Wildman–Crippen MR) is 101 cm³/mol. The van der Waals surface area contributed by atoms with E-state index in [0.29, 0.717) is 13.0 Å². The van der Waals surface area contributed by atoms with Gasteiger partial charge in [-0.25, -0.2) is 18.5 Å². The molecule has 2 heterocycles. The zero-order valence-electron chi connectivity index (χ0n) is 14.9. The minimum absolute atomic E-state index is 0.00248. The van der Waals surface area contributed by atoms with Gasteiger partial charge in [0.15, 0.2) is 0 Å². The van der Waals surface area contributed by atoms with E-state index in [1.165, 1.54) is 12.1 Å². The Morgan fingerprint density at radius 3 is 2.48 bits per heavy atom. The number of sulfonamides is 1. The highest BCUT2D eigenvalue weighted by molar-refractivity contribution is 7.89. The van der Waals surface area contributed by atoms with Crippen LogP contribution in [0, 0.1) is 5.92 Å². The number of hydrogen-bond acceptors (Lipinski definition) is 6. The average molecular weight is 389 g/mol. The molecule has 1 aliphatic heterocycles. The van der Waals surface area contributed by atoms with Crippen LogP contribution in [-0.2, 0) is 21.2 Å². The molecule has 8 nitrogen and oxygen atoms in total. The van der Waals surface area contributed by atoms with Gasteiger partial charge in [0, 0.05) is 37.9 Å².